The number of benzene rings is 1. The molecule has 0 spiro atoms. The Morgan fingerprint density at radius 3 is 2.16 bits per heavy atom. The van der Waals surface area contributed by atoms with Gasteiger partial charge in [-0.1, -0.05) is 19.3 Å². The Balaban J connectivity index is 2.08. The molecule has 0 atom stereocenters. The molecular weight excluding hydrogens is 260 g/mol. The van der Waals surface area contributed by atoms with Crippen molar-refractivity contribution >= 4 is 11.9 Å². The normalized spacial score (nSPS) is 17.1. The maximum absolute atomic E-state index is 13.3. The Hall–Kier alpha value is -1.59. The third kappa shape index (κ3) is 3.24. The van der Waals surface area contributed by atoms with Gasteiger partial charge in [0.2, 0.25) is 0 Å². The zero-order valence-corrected chi connectivity index (χ0v) is 10.2. The van der Waals surface area contributed by atoms with Crippen LogP contribution in [0.25, 0.3) is 0 Å². The van der Waals surface area contributed by atoms with E-state index in [1.807, 2.05) is 5.43 Å². The minimum Gasteiger partial charge on any atom is -0.273 e. The van der Waals surface area contributed by atoms with Crippen molar-refractivity contribution in [3.8, 4) is 0 Å². The van der Waals surface area contributed by atoms with Crippen molar-refractivity contribution in [1.82, 2.24) is 0 Å². The molecule has 1 aliphatic carbocycles. The maximum atomic E-state index is 13.3. The number of nitrogens with zero attached hydrogens (tertiary/aromatic N) is 1. The second-order valence-electron chi connectivity index (χ2n) is 4.63. The summed E-state index contributed by atoms with van der Waals surface area (Å²) in [6.45, 7) is 0. The minimum atomic E-state index is -1.47. The van der Waals surface area contributed by atoms with Crippen LogP contribution in [-0.4, -0.2) is 6.21 Å². The molecule has 0 amide bonds. The highest BCUT2D eigenvalue weighted by atomic mass is 19.2. The predicted molar refractivity (Wildman–Crippen MR) is 65.0 cm³/mol. The van der Waals surface area contributed by atoms with Crippen LogP contribution in [0.5, 0.6) is 0 Å². The van der Waals surface area contributed by atoms with Crippen LogP contribution in [-0.2, 0) is 0 Å². The van der Waals surface area contributed by atoms with Crippen molar-refractivity contribution in [2.75, 3.05) is 5.43 Å². The van der Waals surface area contributed by atoms with Gasteiger partial charge in [-0.2, -0.15) is 5.10 Å². The second kappa shape index (κ2) is 6.04. The molecule has 1 aromatic rings. The van der Waals surface area contributed by atoms with E-state index in [2.05, 4.69) is 5.10 Å². The first-order chi connectivity index (χ1) is 9.09. The highest BCUT2D eigenvalue weighted by molar-refractivity contribution is 5.62. The summed E-state index contributed by atoms with van der Waals surface area (Å²) in [5.74, 6) is -5.60. The van der Waals surface area contributed by atoms with Crippen LogP contribution in [0.3, 0.4) is 0 Å². The standard InChI is InChI=1S/C13H14F4N2/c14-9-6-10(15)12(17)13(11(9)16)19-18-7-8-4-2-1-3-5-8/h6-8,19H,1-5H2/b18-7+. The lowest BCUT2D eigenvalue weighted by Crippen LogP contribution is -2.09. The Morgan fingerprint density at radius 1 is 1.00 bits per heavy atom. The molecule has 0 aliphatic heterocycles. The molecule has 1 aromatic carbocycles. The van der Waals surface area contributed by atoms with E-state index in [-0.39, 0.29) is 12.0 Å². The molecule has 1 fully saturated rings. The molecule has 0 unspecified atom stereocenters. The molecule has 1 aliphatic rings. The number of anilines is 1. The molecule has 104 valence electrons. The van der Waals surface area contributed by atoms with Gasteiger partial charge in [-0.25, -0.2) is 17.6 Å². The van der Waals surface area contributed by atoms with Crippen LogP contribution < -0.4 is 5.43 Å². The topological polar surface area (TPSA) is 24.4 Å². The number of rotatable bonds is 3. The van der Waals surface area contributed by atoms with Gasteiger partial charge in [-0.15, -0.1) is 0 Å². The summed E-state index contributed by atoms with van der Waals surface area (Å²) in [6, 6.07) is 0.167. The van der Waals surface area contributed by atoms with Crippen molar-refractivity contribution in [3.63, 3.8) is 0 Å². The lowest BCUT2D eigenvalue weighted by atomic mass is 9.90. The highest BCUT2D eigenvalue weighted by Crippen LogP contribution is 2.25. The highest BCUT2D eigenvalue weighted by Gasteiger charge is 2.18. The average Bonchev–Trinajstić information content (AvgIpc) is 2.42. The van der Waals surface area contributed by atoms with E-state index < -0.39 is 29.0 Å². The lowest BCUT2D eigenvalue weighted by Gasteiger charge is -2.16. The quantitative estimate of drug-likeness (QED) is 0.379. The third-order valence-electron chi connectivity index (χ3n) is 3.22. The molecule has 2 rings (SSSR count). The maximum Gasteiger partial charge on any atom is 0.186 e. The summed E-state index contributed by atoms with van der Waals surface area (Å²) >= 11 is 0. The fourth-order valence-electron chi connectivity index (χ4n) is 2.16. The van der Waals surface area contributed by atoms with Crippen molar-refractivity contribution in [2.24, 2.45) is 11.0 Å². The first-order valence-corrected chi connectivity index (χ1v) is 6.21. The molecule has 0 aromatic heterocycles. The molecule has 1 saturated carbocycles. The molecule has 6 heteroatoms. The smallest absolute Gasteiger partial charge is 0.186 e. The van der Waals surface area contributed by atoms with E-state index in [4.69, 9.17) is 0 Å². The summed E-state index contributed by atoms with van der Waals surface area (Å²) in [6.07, 6.45) is 6.83. The summed E-state index contributed by atoms with van der Waals surface area (Å²) in [5, 5.41) is 3.68. The van der Waals surface area contributed by atoms with Gasteiger partial charge in [-0.05, 0) is 18.8 Å². The minimum absolute atomic E-state index is 0.167. The van der Waals surface area contributed by atoms with Crippen molar-refractivity contribution < 1.29 is 17.6 Å². The zero-order valence-electron chi connectivity index (χ0n) is 10.2. The number of hydrazone groups is 1. The fraction of sp³-hybridized carbons (Fsp3) is 0.462. The molecule has 1 N–H and O–H groups in total. The third-order valence-corrected chi connectivity index (χ3v) is 3.22. The van der Waals surface area contributed by atoms with E-state index in [0.717, 1.165) is 25.7 Å². The molecule has 0 heterocycles. The molecular formula is C13H14F4N2. The monoisotopic (exact) mass is 274 g/mol. The first-order valence-electron chi connectivity index (χ1n) is 6.21. The first kappa shape index (κ1) is 13.8. The van der Waals surface area contributed by atoms with Crippen molar-refractivity contribution in [3.05, 3.63) is 29.3 Å². The fourth-order valence-corrected chi connectivity index (χ4v) is 2.16. The van der Waals surface area contributed by atoms with Gasteiger partial charge >= 0.3 is 0 Å². The Morgan fingerprint density at radius 2 is 1.58 bits per heavy atom. The van der Waals surface area contributed by atoms with E-state index >= 15 is 0 Å². The van der Waals surface area contributed by atoms with Gasteiger partial charge in [-0.3, -0.25) is 5.43 Å². The van der Waals surface area contributed by atoms with E-state index in [9.17, 15) is 17.6 Å². The Bertz CT molecular complexity index is 456. The summed E-state index contributed by atoms with van der Waals surface area (Å²) in [4.78, 5) is 0. The molecule has 0 saturated heterocycles. The van der Waals surface area contributed by atoms with E-state index in [0.29, 0.717) is 0 Å². The van der Waals surface area contributed by atoms with Crippen molar-refractivity contribution in [1.29, 1.82) is 0 Å². The van der Waals surface area contributed by atoms with Crippen LogP contribution in [0.1, 0.15) is 32.1 Å². The number of hydrogen-bond donors (Lipinski definition) is 1. The number of nitrogens with one attached hydrogen (secondary N) is 1. The molecule has 0 bridgehead atoms. The van der Waals surface area contributed by atoms with Gasteiger partial charge in [0, 0.05) is 12.3 Å². The molecule has 0 radical (unpaired) electrons. The van der Waals surface area contributed by atoms with E-state index in [1.165, 1.54) is 6.42 Å². The van der Waals surface area contributed by atoms with Gasteiger partial charge < -0.3 is 0 Å². The summed E-state index contributed by atoms with van der Waals surface area (Å²) in [5.41, 5.74) is 1.15. The van der Waals surface area contributed by atoms with Crippen LogP contribution in [0.4, 0.5) is 23.2 Å². The second-order valence-corrected chi connectivity index (χ2v) is 4.63. The van der Waals surface area contributed by atoms with Gasteiger partial charge in [0.05, 0.1) is 0 Å². The van der Waals surface area contributed by atoms with E-state index in [1.54, 1.807) is 6.21 Å². The molecule has 19 heavy (non-hydrogen) atoms. The SMILES string of the molecule is Fc1cc(F)c(F)c(N/N=C/C2CCCCC2)c1F. The van der Waals surface area contributed by atoms with Gasteiger partial charge in [0.25, 0.3) is 0 Å². The van der Waals surface area contributed by atoms with Crippen LogP contribution in [0, 0.1) is 29.2 Å². The van der Waals surface area contributed by atoms with Gasteiger partial charge in [0.15, 0.2) is 23.3 Å². The van der Waals surface area contributed by atoms with Gasteiger partial charge in [0.1, 0.15) is 5.69 Å². The van der Waals surface area contributed by atoms with Crippen LogP contribution in [0.2, 0.25) is 0 Å². The summed E-state index contributed by atoms with van der Waals surface area (Å²) in [7, 11) is 0. The Labute approximate surface area is 108 Å². The Kier molecular flexibility index (Phi) is 4.39. The van der Waals surface area contributed by atoms with Crippen LogP contribution in [0.15, 0.2) is 11.2 Å². The number of hydrogen-bond acceptors (Lipinski definition) is 2. The molecule has 2 nitrogen and oxygen atoms in total. The van der Waals surface area contributed by atoms with Crippen molar-refractivity contribution in [2.45, 2.75) is 32.1 Å². The van der Waals surface area contributed by atoms with Crippen LogP contribution >= 0.6 is 0 Å². The number of halogens is 4. The lowest BCUT2D eigenvalue weighted by molar-refractivity contribution is 0.444. The predicted octanol–water partition coefficient (Wildman–Crippen LogP) is 4.22. The largest absolute Gasteiger partial charge is 0.273 e. The summed E-state index contributed by atoms with van der Waals surface area (Å²) < 4.78 is 52.4. The average molecular weight is 274 g/mol. The zero-order chi connectivity index (χ0) is 13.8.